The molecule has 2 aromatic heterocycles. The Bertz CT molecular complexity index is 591. The van der Waals surface area contributed by atoms with Crippen LogP contribution < -0.4 is 15.8 Å². The zero-order chi connectivity index (χ0) is 14.4. The normalized spacial score (nSPS) is 11.3. The first-order valence-electron chi connectivity index (χ1n) is 5.29. The van der Waals surface area contributed by atoms with E-state index in [4.69, 9.17) is 15.7 Å². The van der Waals surface area contributed by atoms with E-state index in [2.05, 4.69) is 40.6 Å². The number of hydrogen-bond acceptors (Lipinski definition) is 9. The number of nitrogens with one attached hydrogen (secondary N) is 2. The smallest absolute Gasteiger partial charge is 0.291 e. The SMILES string of the molecule is N/C(=N\O)c1nonc1OCCNC(=O)c1nc[nH]n1. The lowest BCUT2D eigenvalue weighted by atomic mass is 10.4. The van der Waals surface area contributed by atoms with Crippen molar-refractivity contribution < 1.29 is 19.4 Å². The first-order chi connectivity index (χ1) is 9.72. The summed E-state index contributed by atoms with van der Waals surface area (Å²) in [4.78, 5) is 15.1. The highest BCUT2D eigenvalue weighted by Crippen LogP contribution is 2.11. The molecule has 2 rings (SSSR count). The van der Waals surface area contributed by atoms with Crippen molar-refractivity contribution in [2.45, 2.75) is 0 Å². The molecule has 0 aromatic carbocycles. The van der Waals surface area contributed by atoms with Gasteiger partial charge in [0.2, 0.25) is 11.5 Å². The summed E-state index contributed by atoms with van der Waals surface area (Å²) in [7, 11) is 0. The van der Waals surface area contributed by atoms with Crippen LogP contribution in [0.25, 0.3) is 0 Å². The van der Waals surface area contributed by atoms with Crippen LogP contribution in [-0.2, 0) is 0 Å². The predicted octanol–water partition coefficient (Wildman–Crippen LogP) is -1.91. The summed E-state index contributed by atoms with van der Waals surface area (Å²) in [5.41, 5.74) is 5.29. The van der Waals surface area contributed by atoms with Gasteiger partial charge in [0.15, 0.2) is 5.84 Å². The molecule has 0 aliphatic heterocycles. The van der Waals surface area contributed by atoms with Crippen LogP contribution in [0, 0.1) is 0 Å². The van der Waals surface area contributed by atoms with Crippen molar-refractivity contribution in [3.05, 3.63) is 17.8 Å². The van der Waals surface area contributed by atoms with Crippen LogP contribution >= 0.6 is 0 Å². The summed E-state index contributed by atoms with van der Waals surface area (Å²) in [5.74, 6) is -0.784. The van der Waals surface area contributed by atoms with Crippen LogP contribution in [0.3, 0.4) is 0 Å². The number of amidine groups is 1. The molecule has 0 radical (unpaired) electrons. The van der Waals surface area contributed by atoms with Crippen LogP contribution in [-0.4, -0.2) is 55.6 Å². The second-order valence-electron chi connectivity index (χ2n) is 3.33. The van der Waals surface area contributed by atoms with E-state index in [9.17, 15) is 4.79 Å². The number of carbonyl (C=O) groups is 1. The molecule has 1 amide bonds. The van der Waals surface area contributed by atoms with Gasteiger partial charge in [0.05, 0.1) is 6.54 Å². The molecule has 5 N–H and O–H groups in total. The Morgan fingerprint density at radius 2 is 2.45 bits per heavy atom. The molecule has 0 atom stereocenters. The Balaban J connectivity index is 1.79. The number of ether oxygens (including phenoxy) is 1. The summed E-state index contributed by atoms with van der Waals surface area (Å²) >= 11 is 0. The molecular weight excluding hydrogens is 272 g/mol. The highest BCUT2D eigenvalue weighted by atomic mass is 16.6. The van der Waals surface area contributed by atoms with Gasteiger partial charge in [-0.2, -0.15) is 0 Å². The maximum atomic E-state index is 11.5. The number of hydrogen-bond donors (Lipinski definition) is 4. The van der Waals surface area contributed by atoms with E-state index in [0.29, 0.717) is 0 Å². The van der Waals surface area contributed by atoms with Crippen LogP contribution in [0.1, 0.15) is 16.3 Å². The van der Waals surface area contributed by atoms with Gasteiger partial charge < -0.3 is 21.0 Å². The lowest BCUT2D eigenvalue weighted by molar-refractivity contribution is 0.0936. The highest BCUT2D eigenvalue weighted by Gasteiger charge is 2.16. The van der Waals surface area contributed by atoms with E-state index in [-0.39, 0.29) is 36.4 Å². The van der Waals surface area contributed by atoms with Gasteiger partial charge in [-0.15, -0.1) is 5.10 Å². The van der Waals surface area contributed by atoms with E-state index in [1.54, 1.807) is 0 Å². The third-order valence-corrected chi connectivity index (χ3v) is 2.05. The summed E-state index contributed by atoms with van der Waals surface area (Å²) in [6.45, 7) is 0.228. The Kier molecular flexibility index (Phi) is 4.06. The van der Waals surface area contributed by atoms with Gasteiger partial charge in [0.25, 0.3) is 11.8 Å². The zero-order valence-electron chi connectivity index (χ0n) is 9.98. The van der Waals surface area contributed by atoms with E-state index >= 15 is 0 Å². The highest BCUT2D eigenvalue weighted by molar-refractivity contribution is 5.96. The molecule has 106 valence electrons. The minimum atomic E-state index is -0.454. The summed E-state index contributed by atoms with van der Waals surface area (Å²) in [6.07, 6.45) is 1.29. The number of oxime groups is 1. The monoisotopic (exact) mass is 282 g/mol. The molecule has 0 fully saturated rings. The first-order valence-corrected chi connectivity index (χ1v) is 5.29. The van der Waals surface area contributed by atoms with Crippen LogP contribution in [0.2, 0.25) is 0 Å². The third-order valence-electron chi connectivity index (χ3n) is 2.05. The van der Waals surface area contributed by atoms with Crippen molar-refractivity contribution in [1.82, 2.24) is 30.8 Å². The quantitative estimate of drug-likeness (QED) is 0.155. The van der Waals surface area contributed by atoms with Crippen molar-refractivity contribution in [2.75, 3.05) is 13.2 Å². The number of aromatic nitrogens is 5. The number of amides is 1. The molecule has 12 nitrogen and oxygen atoms in total. The molecular formula is C8H10N8O4. The zero-order valence-corrected chi connectivity index (χ0v) is 9.98. The Morgan fingerprint density at radius 1 is 1.60 bits per heavy atom. The molecule has 0 aliphatic rings. The minimum absolute atomic E-state index is 0.0189. The van der Waals surface area contributed by atoms with Crippen molar-refractivity contribution in [3.8, 4) is 5.88 Å². The second-order valence-corrected chi connectivity index (χ2v) is 3.33. The van der Waals surface area contributed by atoms with Crippen molar-refractivity contribution in [3.63, 3.8) is 0 Å². The lowest BCUT2D eigenvalue weighted by Gasteiger charge is -2.04. The maximum absolute atomic E-state index is 11.5. The molecule has 12 heteroatoms. The van der Waals surface area contributed by atoms with Crippen molar-refractivity contribution in [1.29, 1.82) is 0 Å². The van der Waals surface area contributed by atoms with Crippen molar-refractivity contribution >= 4 is 11.7 Å². The van der Waals surface area contributed by atoms with Crippen LogP contribution in [0.5, 0.6) is 5.88 Å². The average Bonchev–Trinajstić information content (AvgIpc) is 3.13. The molecule has 0 saturated heterocycles. The Labute approximate surface area is 111 Å². The van der Waals surface area contributed by atoms with Crippen LogP contribution in [0.15, 0.2) is 16.1 Å². The number of carbonyl (C=O) groups excluding carboxylic acids is 1. The standard InChI is InChI=1S/C8H10N8O4/c9-5(14-18)4-8(16-20-15-4)19-2-1-10-7(17)6-11-3-12-13-6/h3,18H,1-2H2,(H2,9,14)(H,10,17)(H,11,12,13). The number of nitrogens with two attached hydrogens (primary N) is 1. The minimum Gasteiger partial charge on any atom is -0.472 e. The fourth-order valence-electron chi connectivity index (χ4n) is 1.19. The predicted molar refractivity (Wildman–Crippen MR) is 61.0 cm³/mol. The van der Waals surface area contributed by atoms with Gasteiger partial charge in [-0.1, -0.05) is 5.16 Å². The van der Waals surface area contributed by atoms with Crippen LogP contribution in [0.4, 0.5) is 0 Å². The van der Waals surface area contributed by atoms with Crippen molar-refractivity contribution in [2.24, 2.45) is 10.9 Å². The number of nitrogens with zero attached hydrogens (tertiary/aromatic N) is 5. The average molecular weight is 282 g/mol. The van der Waals surface area contributed by atoms with Gasteiger partial charge in [-0.3, -0.25) is 9.89 Å². The summed E-state index contributed by atoms with van der Waals surface area (Å²) in [6, 6.07) is 0. The van der Waals surface area contributed by atoms with Gasteiger partial charge >= 0.3 is 0 Å². The number of rotatable bonds is 6. The molecule has 0 bridgehead atoms. The molecule has 2 aromatic rings. The lowest BCUT2D eigenvalue weighted by Crippen LogP contribution is -2.29. The summed E-state index contributed by atoms with van der Waals surface area (Å²) in [5, 5.41) is 26.6. The van der Waals surface area contributed by atoms with E-state index < -0.39 is 5.91 Å². The summed E-state index contributed by atoms with van der Waals surface area (Å²) < 4.78 is 9.56. The molecule has 0 aliphatic carbocycles. The van der Waals surface area contributed by atoms with Gasteiger partial charge in [0, 0.05) is 0 Å². The van der Waals surface area contributed by atoms with E-state index in [1.165, 1.54) is 6.33 Å². The van der Waals surface area contributed by atoms with E-state index in [1.807, 2.05) is 0 Å². The fraction of sp³-hybridized carbons (Fsp3) is 0.250. The molecule has 0 unspecified atom stereocenters. The molecule has 2 heterocycles. The number of H-pyrrole nitrogens is 1. The van der Waals surface area contributed by atoms with Gasteiger partial charge in [-0.05, 0) is 10.3 Å². The fourth-order valence-corrected chi connectivity index (χ4v) is 1.19. The Hall–Kier alpha value is -3.18. The largest absolute Gasteiger partial charge is 0.472 e. The topological polar surface area (TPSA) is 177 Å². The molecule has 0 saturated carbocycles. The molecule has 0 spiro atoms. The second kappa shape index (κ2) is 6.12. The molecule has 20 heavy (non-hydrogen) atoms. The number of aromatic amines is 1. The van der Waals surface area contributed by atoms with E-state index in [0.717, 1.165) is 0 Å². The van der Waals surface area contributed by atoms with Gasteiger partial charge in [0.1, 0.15) is 12.9 Å². The Morgan fingerprint density at radius 3 is 3.15 bits per heavy atom. The van der Waals surface area contributed by atoms with Gasteiger partial charge in [-0.25, -0.2) is 9.61 Å². The third kappa shape index (κ3) is 2.98. The first kappa shape index (κ1) is 13.3. The maximum Gasteiger partial charge on any atom is 0.291 e.